The Labute approximate surface area is 115 Å². The molecule has 20 heavy (non-hydrogen) atoms. The summed E-state index contributed by atoms with van der Waals surface area (Å²) in [6, 6.07) is 0. The molecule has 4 unspecified atom stereocenters. The molecule has 1 saturated heterocycles. The van der Waals surface area contributed by atoms with E-state index in [1.165, 1.54) is 6.20 Å². The van der Waals surface area contributed by atoms with Crippen LogP contribution in [0.4, 0.5) is 5.95 Å². The Morgan fingerprint density at radius 2 is 2.20 bits per heavy atom. The van der Waals surface area contributed by atoms with E-state index in [2.05, 4.69) is 9.97 Å². The first-order valence-corrected chi connectivity index (χ1v) is 6.60. The highest BCUT2D eigenvalue weighted by atomic mass is 32.1. The van der Waals surface area contributed by atoms with Gasteiger partial charge in [0.2, 0.25) is 5.95 Å². The second kappa shape index (κ2) is 4.75. The first-order chi connectivity index (χ1) is 9.52. The molecule has 1 aliphatic rings. The van der Waals surface area contributed by atoms with Crippen molar-refractivity contribution in [3.05, 3.63) is 15.9 Å². The summed E-state index contributed by atoms with van der Waals surface area (Å²) in [6.45, 7) is -0.470. The van der Waals surface area contributed by atoms with Gasteiger partial charge in [0.25, 0.3) is 0 Å². The first kappa shape index (κ1) is 13.4. The number of rotatable bonds is 2. The summed E-state index contributed by atoms with van der Waals surface area (Å²) in [4.78, 5) is 19.3. The molecule has 3 heterocycles. The van der Waals surface area contributed by atoms with E-state index in [1.54, 1.807) is 0 Å². The van der Waals surface area contributed by atoms with Gasteiger partial charge >= 0.3 is 4.87 Å². The lowest BCUT2D eigenvalue weighted by molar-refractivity contribution is -0.0518. The van der Waals surface area contributed by atoms with Gasteiger partial charge in [-0.05, 0) is 0 Å². The van der Waals surface area contributed by atoms with Crippen LogP contribution in [-0.4, -0.2) is 54.8 Å². The number of thiazole rings is 1. The molecule has 2 aromatic rings. The Balaban J connectivity index is 2.13. The minimum Gasteiger partial charge on any atom is -0.394 e. The van der Waals surface area contributed by atoms with Crippen LogP contribution in [0.3, 0.4) is 0 Å². The quantitative estimate of drug-likeness (QED) is 0.501. The molecule has 1 fully saturated rings. The molecular formula is C10H12N4O5S. The molecular weight excluding hydrogens is 288 g/mol. The number of ether oxygens (including phenoxy) is 1. The molecule has 10 heteroatoms. The van der Waals surface area contributed by atoms with Crippen molar-refractivity contribution in [1.29, 1.82) is 0 Å². The molecule has 1 aliphatic heterocycles. The number of aliphatic hydroxyl groups excluding tert-OH is 3. The third-order valence-corrected chi connectivity index (χ3v) is 4.03. The van der Waals surface area contributed by atoms with E-state index >= 15 is 0 Å². The Kier molecular flexibility index (Phi) is 3.18. The SMILES string of the molecule is Nc1ncc2sc(=O)n(C3OC(CO)C(O)C3O)c2n1. The second-order valence-electron chi connectivity index (χ2n) is 4.38. The number of hydrogen-bond donors (Lipinski definition) is 4. The highest BCUT2D eigenvalue weighted by molar-refractivity contribution is 7.16. The minimum absolute atomic E-state index is 0.0178. The maximum absolute atomic E-state index is 12.0. The van der Waals surface area contributed by atoms with Crippen molar-refractivity contribution in [2.75, 3.05) is 12.3 Å². The fraction of sp³-hybridized carbons (Fsp3) is 0.500. The average Bonchev–Trinajstić information content (AvgIpc) is 2.88. The molecule has 4 atom stereocenters. The van der Waals surface area contributed by atoms with Crippen molar-refractivity contribution in [1.82, 2.24) is 14.5 Å². The van der Waals surface area contributed by atoms with Crippen LogP contribution < -0.4 is 10.6 Å². The van der Waals surface area contributed by atoms with Gasteiger partial charge < -0.3 is 25.8 Å². The van der Waals surface area contributed by atoms with Gasteiger partial charge in [0, 0.05) is 0 Å². The highest BCUT2D eigenvalue weighted by Gasteiger charge is 2.44. The summed E-state index contributed by atoms with van der Waals surface area (Å²) in [5.74, 6) is -0.0178. The minimum atomic E-state index is -1.35. The van der Waals surface area contributed by atoms with E-state index in [0.29, 0.717) is 4.70 Å². The molecule has 0 aromatic carbocycles. The Morgan fingerprint density at radius 3 is 2.85 bits per heavy atom. The van der Waals surface area contributed by atoms with Crippen molar-refractivity contribution in [2.45, 2.75) is 24.5 Å². The number of aliphatic hydroxyl groups is 3. The molecule has 0 radical (unpaired) electrons. The van der Waals surface area contributed by atoms with Crippen molar-refractivity contribution in [3.8, 4) is 0 Å². The summed E-state index contributed by atoms with van der Waals surface area (Å²) in [6.07, 6.45) is -3.32. The summed E-state index contributed by atoms with van der Waals surface area (Å²) in [5.41, 5.74) is 5.71. The lowest BCUT2D eigenvalue weighted by Gasteiger charge is -2.15. The van der Waals surface area contributed by atoms with E-state index in [1.807, 2.05) is 0 Å². The molecule has 0 amide bonds. The van der Waals surface area contributed by atoms with Crippen molar-refractivity contribution >= 4 is 27.6 Å². The number of nitrogens with two attached hydrogens (primary N) is 1. The Bertz CT molecular complexity index is 701. The van der Waals surface area contributed by atoms with Gasteiger partial charge in [-0.3, -0.25) is 9.36 Å². The monoisotopic (exact) mass is 300 g/mol. The zero-order valence-electron chi connectivity index (χ0n) is 10.1. The predicted molar refractivity (Wildman–Crippen MR) is 69.1 cm³/mol. The van der Waals surface area contributed by atoms with Crippen molar-refractivity contribution in [3.63, 3.8) is 0 Å². The predicted octanol–water partition coefficient (Wildman–Crippen LogP) is -1.95. The standard InChI is InChI=1S/C10H12N4O5S/c11-9-12-1-4-7(13-9)14(10(18)20-4)8-6(17)5(16)3(2-15)19-8/h1,3,5-6,8,15-17H,2H2,(H2,11,12,13). The fourth-order valence-electron chi connectivity index (χ4n) is 2.17. The topological polar surface area (TPSA) is 144 Å². The zero-order chi connectivity index (χ0) is 14.4. The second-order valence-corrected chi connectivity index (χ2v) is 5.38. The number of fused-ring (bicyclic) bond motifs is 1. The lowest BCUT2D eigenvalue weighted by Crippen LogP contribution is -2.34. The molecule has 9 nitrogen and oxygen atoms in total. The number of aromatic nitrogens is 3. The van der Waals surface area contributed by atoms with Crippen LogP contribution in [0.15, 0.2) is 11.0 Å². The van der Waals surface area contributed by atoms with E-state index in [-0.39, 0.29) is 11.6 Å². The molecule has 5 N–H and O–H groups in total. The molecule has 0 bridgehead atoms. The molecule has 0 saturated carbocycles. The third-order valence-electron chi connectivity index (χ3n) is 3.15. The highest BCUT2D eigenvalue weighted by Crippen LogP contribution is 2.31. The Morgan fingerprint density at radius 1 is 1.45 bits per heavy atom. The first-order valence-electron chi connectivity index (χ1n) is 5.79. The van der Waals surface area contributed by atoms with Gasteiger partial charge in [-0.2, -0.15) is 4.98 Å². The third kappa shape index (κ3) is 1.89. The van der Waals surface area contributed by atoms with E-state index < -0.39 is 36.0 Å². The lowest BCUT2D eigenvalue weighted by atomic mass is 10.1. The summed E-state index contributed by atoms with van der Waals surface area (Å²) in [5, 5.41) is 28.8. The summed E-state index contributed by atoms with van der Waals surface area (Å²) in [7, 11) is 0. The van der Waals surface area contributed by atoms with Crippen LogP contribution in [0.25, 0.3) is 10.3 Å². The molecule has 0 spiro atoms. The van der Waals surface area contributed by atoms with Gasteiger partial charge in [-0.1, -0.05) is 11.3 Å². The molecule has 108 valence electrons. The van der Waals surface area contributed by atoms with Crippen LogP contribution in [0.2, 0.25) is 0 Å². The maximum atomic E-state index is 12.0. The molecule has 3 rings (SSSR count). The van der Waals surface area contributed by atoms with E-state index in [4.69, 9.17) is 15.6 Å². The smallest absolute Gasteiger partial charge is 0.311 e. The number of nitrogens with zero attached hydrogens (tertiary/aromatic N) is 3. The van der Waals surface area contributed by atoms with Gasteiger partial charge in [-0.25, -0.2) is 4.98 Å². The number of anilines is 1. The number of hydrogen-bond acceptors (Lipinski definition) is 9. The fourth-order valence-corrected chi connectivity index (χ4v) is 2.98. The van der Waals surface area contributed by atoms with Crippen LogP contribution in [-0.2, 0) is 4.74 Å². The maximum Gasteiger partial charge on any atom is 0.311 e. The van der Waals surface area contributed by atoms with Gasteiger partial charge in [-0.15, -0.1) is 0 Å². The van der Waals surface area contributed by atoms with Crippen molar-refractivity contribution in [2.24, 2.45) is 0 Å². The molecule has 0 aliphatic carbocycles. The van der Waals surface area contributed by atoms with Crippen molar-refractivity contribution < 1.29 is 20.1 Å². The number of nitrogen functional groups attached to an aromatic ring is 1. The van der Waals surface area contributed by atoms with Crippen LogP contribution in [0.1, 0.15) is 6.23 Å². The Hall–Kier alpha value is -1.59. The van der Waals surface area contributed by atoms with Crippen LogP contribution in [0, 0.1) is 0 Å². The van der Waals surface area contributed by atoms with Gasteiger partial charge in [0.15, 0.2) is 11.9 Å². The van der Waals surface area contributed by atoms with Crippen LogP contribution >= 0.6 is 11.3 Å². The zero-order valence-corrected chi connectivity index (χ0v) is 10.9. The average molecular weight is 300 g/mol. The van der Waals surface area contributed by atoms with E-state index in [9.17, 15) is 15.0 Å². The largest absolute Gasteiger partial charge is 0.394 e. The summed E-state index contributed by atoms with van der Waals surface area (Å²) < 4.78 is 6.93. The van der Waals surface area contributed by atoms with Gasteiger partial charge in [0.05, 0.1) is 17.5 Å². The normalized spacial score (nSPS) is 30.1. The molecule has 2 aromatic heterocycles. The van der Waals surface area contributed by atoms with Crippen LogP contribution in [0.5, 0.6) is 0 Å². The van der Waals surface area contributed by atoms with E-state index in [0.717, 1.165) is 15.9 Å². The van der Waals surface area contributed by atoms with Gasteiger partial charge in [0.1, 0.15) is 18.3 Å². The summed E-state index contributed by atoms with van der Waals surface area (Å²) >= 11 is 0.878.